The zero-order valence-corrected chi connectivity index (χ0v) is 13.2. The molecule has 0 aliphatic carbocycles. The van der Waals surface area contributed by atoms with Gasteiger partial charge in [-0.05, 0) is 41.8 Å². The molecule has 0 saturated heterocycles. The summed E-state index contributed by atoms with van der Waals surface area (Å²) < 4.78 is 5.66. The average molecular weight is 333 g/mol. The largest absolute Gasteiger partial charge is 0.459 e. The standard InChI is InChI=1S/C19H15N3O3/c23-18-16-6-5-14(9-12(16)7-8-20-18)22-19(24)21-11-15-10-13-3-1-2-4-17(13)25-15/h1-10H,11H2,(H,20,23)(H2,21,22,24). The van der Waals surface area contributed by atoms with Crippen molar-refractivity contribution in [2.75, 3.05) is 5.32 Å². The van der Waals surface area contributed by atoms with Gasteiger partial charge in [0.2, 0.25) is 0 Å². The number of amides is 2. The number of aromatic amines is 1. The van der Waals surface area contributed by atoms with Gasteiger partial charge in [-0.2, -0.15) is 0 Å². The van der Waals surface area contributed by atoms with E-state index >= 15 is 0 Å². The zero-order valence-electron chi connectivity index (χ0n) is 13.2. The highest BCUT2D eigenvalue weighted by molar-refractivity contribution is 5.93. The summed E-state index contributed by atoms with van der Waals surface area (Å²) in [4.78, 5) is 26.4. The maximum absolute atomic E-state index is 12.1. The molecule has 0 spiro atoms. The number of para-hydroxylation sites is 1. The third-order valence-electron chi connectivity index (χ3n) is 3.93. The molecule has 0 bridgehead atoms. The molecule has 2 aromatic heterocycles. The Morgan fingerprint density at radius 2 is 1.92 bits per heavy atom. The van der Waals surface area contributed by atoms with Gasteiger partial charge in [-0.25, -0.2) is 4.79 Å². The Balaban J connectivity index is 1.44. The number of anilines is 1. The second-order valence-electron chi connectivity index (χ2n) is 5.67. The third-order valence-corrected chi connectivity index (χ3v) is 3.93. The Kier molecular flexibility index (Phi) is 3.70. The lowest BCUT2D eigenvalue weighted by Crippen LogP contribution is -2.28. The number of aromatic nitrogens is 1. The van der Waals surface area contributed by atoms with E-state index in [9.17, 15) is 9.59 Å². The smallest absolute Gasteiger partial charge is 0.319 e. The van der Waals surface area contributed by atoms with Crippen molar-refractivity contribution < 1.29 is 9.21 Å². The topological polar surface area (TPSA) is 87.1 Å². The van der Waals surface area contributed by atoms with Gasteiger partial charge in [-0.3, -0.25) is 4.79 Å². The Labute approximate surface area is 142 Å². The fourth-order valence-electron chi connectivity index (χ4n) is 2.74. The quantitative estimate of drug-likeness (QED) is 0.535. The molecule has 2 aromatic carbocycles. The lowest BCUT2D eigenvalue weighted by Gasteiger charge is -2.07. The van der Waals surface area contributed by atoms with Crippen LogP contribution in [0, 0.1) is 0 Å². The molecular weight excluding hydrogens is 318 g/mol. The highest BCUT2D eigenvalue weighted by atomic mass is 16.3. The van der Waals surface area contributed by atoms with Crippen LogP contribution < -0.4 is 16.2 Å². The first-order valence-corrected chi connectivity index (χ1v) is 7.83. The van der Waals surface area contributed by atoms with Crippen molar-refractivity contribution in [3.05, 3.63) is 76.9 Å². The lowest BCUT2D eigenvalue weighted by molar-refractivity contribution is 0.251. The molecule has 2 amide bonds. The predicted molar refractivity (Wildman–Crippen MR) is 96.6 cm³/mol. The Morgan fingerprint density at radius 3 is 2.80 bits per heavy atom. The second-order valence-corrected chi connectivity index (χ2v) is 5.67. The number of urea groups is 1. The number of hydrogen-bond acceptors (Lipinski definition) is 3. The van der Waals surface area contributed by atoms with E-state index in [-0.39, 0.29) is 18.1 Å². The van der Waals surface area contributed by atoms with E-state index in [2.05, 4.69) is 15.6 Å². The number of hydrogen-bond donors (Lipinski definition) is 3. The second kappa shape index (κ2) is 6.16. The number of benzene rings is 2. The van der Waals surface area contributed by atoms with Crippen LogP contribution in [0.5, 0.6) is 0 Å². The van der Waals surface area contributed by atoms with Crippen molar-refractivity contribution in [2.24, 2.45) is 0 Å². The number of H-pyrrole nitrogens is 1. The first kappa shape index (κ1) is 15.0. The Morgan fingerprint density at radius 1 is 1.04 bits per heavy atom. The molecule has 0 unspecified atom stereocenters. The van der Waals surface area contributed by atoms with Crippen LogP contribution in [0.1, 0.15) is 5.76 Å². The molecule has 0 aliphatic rings. The van der Waals surface area contributed by atoms with Crippen LogP contribution in [0.3, 0.4) is 0 Å². The summed E-state index contributed by atoms with van der Waals surface area (Å²) in [6.07, 6.45) is 1.58. The summed E-state index contributed by atoms with van der Waals surface area (Å²) in [7, 11) is 0. The Bertz CT molecular complexity index is 1090. The predicted octanol–water partition coefficient (Wildman–Crippen LogP) is 3.60. The molecule has 0 saturated carbocycles. The molecule has 0 radical (unpaired) electrons. The van der Waals surface area contributed by atoms with Gasteiger partial charge in [-0.1, -0.05) is 18.2 Å². The first-order chi connectivity index (χ1) is 12.2. The summed E-state index contributed by atoms with van der Waals surface area (Å²) in [5.41, 5.74) is 1.25. The Hall–Kier alpha value is -3.54. The van der Waals surface area contributed by atoms with E-state index in [0.717, 1.165) is 16.4 Å². The summed E-state index contributed by atoms with van der Waals surface area (Å²) in [6.45, 7) is 0.285. The molecule has 4 rings (SSSR count). The number of carbonyl (C=O) groups excluding carboxylic acids is 1. The van der Waals surface area contributed by atoms with Gasteiger partial charge in [0.25, 0.3) is 5.56 Å². The first-order valence-electron chi connectivity index (χ1n) is 7.83. The highest BCUT2D eigenvalue weighted by Crippen LogP contribution is 2.19. The van der Waals surface area contributed by atoms with E-state index < -0.39 is 0 Å². The molecule has 0 atom stereocenters. The fourth-order valence-corrected chi connectivity index (χ4v) is 2.74. The van der Waals surface area contributed by atoms with Crippen LogP contribution in [-0.2, 0) is 6.54 Å². The van der Waals surface area contributed by atoms with Crippen LogP contribution >= 0.6 is 0 Å². The van der Waals surface area contributed by atoms with Crippen LogP contribution in [0.4, 0.5) is 10.5 Å². The molecule has 6 nitrogen and oxygen atoms in total. The number of nitrogens with one attached hydrogen (secondary N) is 3. The van der Waals surface area contributed by atoms with Crippen molar-refractivity contribution in [1.29, 1.82) is 0 Å². The van der Waals surface area contributed by atoms with Crippen LogP contribution in [0.2, 0.25) is 0 Å². The highest BCUT2D eigenvalue weighted by Gasteiger charge is 2.07. The van der Waals surface area contributed by atoms with Crippen molar-refractivity contribution in [3.63, 3.8) is 0 Å². The van der Waals surface area contributed by atoms with Crippen molar-refractivity contribution in [3.8, 4) is 0 Å². The summed E-state index contributed by atoms with van der Waals surface area (Å²) in [5, 5.41) is 7.85. The minimum absolute atomic E-state index is 0.154. The summed E-state index contributed by atoms with van der Waals surface area (Å²) in [6, 6.07) is 16.2. The molecular formula is C19H15N3O3. The van der Waals surface area contributed by atoms with Crippen molar-refractivity contribution >= 4 is 33.5 Å². The normalized spacial score (nSPS) is 10.9. The summed E-state index contributed by atoms with van der Waals surface area (Å²) >= 11 is 0. The summed E-state index contributed by atoms with van der Waals surface area (Å²) in [5.74, 6) is 0.682. The molecule has 25 heavy (non-hydrogen) atoms. The van der Waals surface area contributed by atoms with Gasteiger partial charge in [-0.15, -0.1) is 0 Å². The van der Waals surface area contributed by atoms with Crippen LogP contribution in [0.25, 0.3) is 21.7 Å². The number of fused-ring (bicyclic) bond motifs is 2. The molecule has 0 aliphatic heterocycles. The van der Waals surface area contributed by atoms with Crippen molar-refractivity contribution in [1.82, 2.24) is 10.3 Å². The number of furan rings is 1. The van der Waals surface area contributed by atoms with Gasteiger partial charge in [0, 0.05) is 22.7 Å². The van der Waals surface area contributed by atoms with Crippen LogP contribution in [-0.4, -0.2) is 11.0 Å². The SMILES string of the molecule is O=C(NCc1cc2ccccc2o1)Nc1ccc2c(=O)[nH]ccc2c1. The van der Waals surface area contributed by atoms with Crippen molar-refractivity contribution in [2.45, 2.75) is 6.54 Å². The average Bonchev–Trinajstić information content (AvgIpc) is 3.03. The number of pyridine rings is 1. The number of carbonyl (C=O) groups is 1. The molecule has 2 heterocycles. The monoisotopic (exact) mass is 333 g/mol. The zero-order chi connectivity index (χ0) is 17.2. The number of rotatable bonds is 3. The molecule has 124 valence electrons. The molecule has 0 fully saturated rings. The minimum atomic E-state index is -0.343. The van der Waals surface area contributed by atoms with E-state index in [1.165, 1.54) is 0 Å². The van der Waals surface area contributed by atoms with Gasteiger partial charge in [0.1, 0.15) is 11.3 Å². The van der Waals surface area contributed by atoms with Gasteiger partial charge < -0.3 is 20.0 Å². The third kappa shape index (κ3) is 3.10. The maximum atomic E-state index is 12.1. The van der Waals surface area contributed by atoms with Gasteiger partial charge in [0.05, 0.1) is 6.54 Å². The maximum Gasteiger partial charge on any atom is 0.319 e. The van der Waals surface area contributed by atoms with Gasteiger partial charge >= 0.3 is 6.03 Å². The van der Waals surface area contributed by atoms with Crippen LogP contribution in [0.15, 0.2) is 70.0 Å². The van der Waals surface area contributed by atoms with E-state index in [4.69, 9.17) is 4.42 Å². The van der Waals surface area contributed by atoms with E-state index in [1.54, 1.807) is 30.5 Å². The molecule has 4 aromatic rings. The lowest BCUT2D eigenvalue weighted by atomic mass is 10.1. The van der Waals surface area contributed by atoms with Gasteiger partial charge in [0.15, 0.2) is 0 Å². The molecule has 6 heteroatoms. The molecule has 3 N–H and O–H groups in total. The fraction of sp³-hybridized carbons (Fsp3) is 0.0526. The van der Waals surface area contributed by atoms with E-state index in [1.807, 2.05) is 30.3 Å². The minimum Gasteiger partial charge on any atom is -0.459 e. The van der Waals surface area contributed by atoms with E-state index in [0.29, 0.717) is 16.8 Å².